The highest BCUT2D eigenvalue weighted by molar-refractivity contribution is 7.80. The summed E-state index contributed by atoms with van der Waals surface area (Å²) in [5.41, 5.74) is 9.01. The highest BCUT2D eigenvalue weighted by Gasteiger charge is 2.25. The number of aromatic nitrogens is 1. The normalized spacial score (nSPS) is 18.3. The van der Waals surface area contributed by atoms with Gasteiger partial charge in [0.1, 0.15) is 4.99 Å². The summed E-state index contributed by atoms with van der Waals surface area (Å²) in [6.07, 6.45) is 5.62. The summed E-state index contributed by atoms with van der Waals surface area (Å²) in [5.74, 6) is 0.779. The number of hydrogen-bond acceptors (Lipinski definition) is 3. The predicted molar refractivity (Wildman–Crippen MR) is 92.9 cm³/mol. The van der Waals surface area contributed by atoms with Crippen molar-refractivity contribution in [3.8, 4) is 0 Å². The Morgan fingerprint density at radius 1 is 1.43 bits per heavy atom. The SMILES string of the molecule is CCCC1CCN(c2c(C(N)=S)cnc3ccccc23)C1. The molecule has 2 aromatic rings. The van der Waals surface area contributed by atoms with Crippen LogP contribution in [0.4, 0.5) is 5.69 Å². The van der Waals surface area contributed by atoms with E-state index in [-0.39, 0.29) is 0 Å². The lowest BCUT2D eigenvalue weighted by Crippen LogP contribution is -2.24. The van der Waals surface area contributed by atoms with Gasteiger partial charge in [-0.05, 0) is 24.8 Å². The van der Waals surface area contributed by atoms with Crippen LogP contribution < -0.4 is 10.6 Å². The van der Waals surface area contributed by atoms with Gasteiger partial charge in [-0.3, -0.25) is 4.98 Å². The standard InChI is InChI=1S/C17H21N3S/c1-2-5-12-8-9-20(11-12)16-13-6-3-4-7-15(13)19-10-14(16)17(18)21/h3-4,6-7,10,12H,2,5,8-9,11H2,1H3,(H2,18,21). The fraction of sp³-hybridized carbons (Fsp3) is 0.412. The van der Waals surface area contributed by atoms with Crippen molar-refractivity contribution in [3.63, 3.8) is 0 Å². The van der Waals surface area contributed by atoms with E-state index in [1.807, 2.05) is 18.3 Å². The molecule has 0 amide bonds. The number of pyridine rings is 1. The van der Waals surface area contributed by atoms with Crippen molar-refractivity contribution in [2.45, 2.75) is 26.2 Å². The Labute approximate surface area is 131 Å². The van der Waals surface area contributed by atoms with E-state index in [4.69, 9.17) is 18.0 Å². The molecule has 0 radical (unpaired) electrons. The second kappa shape index (κ2) is 5.98. The maximum Gasteiger partial charge on any atom is 0.107 e. The summed E-state index contributed by atoms with van der Waals surface area (Å²) in [5, 5.41) is 1.15. The van der Waals surface area contributed by atoms with E-state index in [0.29, 0.717) is 4.99 Å². The van der Waals surface area contributed by atoms with Gasteiger partial charge in [-0.2, -0.15) is 0 Å². The van der Waals surface area contributed by atoms with E-state index in [2.05, 4.69) is 28.9 Å². The van der Waals surface area contributed by atoms with Gasteiger partial charge in [0.25, 0.3) is 0 Å². The predicted octanol–water partition coefficient (Wildman–Crippen LogP) is 3.50. The molecular weight excluding hydrogens is 278 g/mol. The summed E-state index contributed by atoms with van der Waals surface area (Å²) in [7, 11) is 0. The second-order valence-corrected chi connectivity index (χ2v) is 6.23. The summed E-state index contributed by atoms with van der Waals surface area (Å²) in [6, 6.07) is 8.23. The summed E-state index contributed by atoms with van der Waals surface area (Å²) in [6.45, 7) is 4.43. The lowest BCUT2D eigenvalue weighted by atomic mass is 10.0. The molecule has 1 unspecified atom stereocenters. The maximum absolute atomic E-state index is 5.93. The molecule has 0 bridgehead atoms. The third-order valence-corrected chi connectivity index (χ3v) is 4.53. The number of benzene rings is 1. The molecule has 3 rings (SSSR count). The Hall–Kier alpha value is -1.68. The molecule has 1 aromatic carbocycles. The number of fused-ring (bicyclic) bond motifs is 1. The van der Waals surface area contributed by atoms with Gasteiger partial charge in [-0.15, -0.1) is 0 Å². The van der Waals surface area contributed by atoms with E-state index in [9.17, 15) is 0 Å². The van der Waals surface area contributed by atoms with Crippen LogP contribution in [0.15, 0.2) is 30.5 Å². The topological polar surface area (TPSA) is 42.1 Å². The Bertz CT molecular complexity index is 668. The van der Waals surface area contributed by atoms with Crippen LogP contribution in [0.3, 0.4) is 0 Å². The molecule has 1 aliphatic rings. The molecule has 21 heavy (non-hydrogen) atoms. The molecule has 2 heterocycles. The molecule has 1 aliphatic heterocycles. The first-order valence-electron chi connectivity index (χ1n) is 7.63. The molecular formula is C17H21N3S. The molecule has 1 aromatic heterocycles. The maximum atomic E-state index is 5.93. The van der Waals surface area contributed by atoms with Crippen molar-refractivity contribution in [2.75, 3.05) is 18.0 Å². The van der Waals surface area contributed by atoms with E-state index in [1.54, 1.807) is 0 Å². The zero-order valence-corrected chi connectivity index (χ0v) is 13.2. The molecule has 4 heteroatoms. The van der Waals surface area contributed by atoms with Crippen LogP contribution in [0.5, 0.6) is 0 Å². The van der Waals surface area contributed by atoms with E-state index in [1.165, 1.54) is 24.9 Å². The average molecular weight is 299 g/mol. The Morgan fingerprint density at radius 2 is 2.24 bits per heavy atom. The lowest BCUT2D eigenvalue weighted by molar-refractivity contribution is 0.530. The molecule has 3 nitrogen and oxygen atoms in total. The smallest absolute Gasteiger partial charge is 0.107 e. The minimum atomic E-state index is 0.433. The second-order valence-electron chi connectivity index (χ2n) is 5.79. The first kappa shape index (κ1) is 14.3. The van der Waals surface area contributed by atoms with Crippen molar-refractivity contribution in [2.24, 2.45) is 11.7 Å². The molecule has 0 spiro atoms. The Balaban J connectivity index is 2.07. The van der Waals surface area contributed by atoms with Gasteiger partial charge < -0.3 is 10.6 Å². The minimum absolute atomic E-state index is 0.433. The number of thiocarbonyl (C=S) groups is 1. The fourth-order valence-corrected chi connectivity index (χ4v) is 3.48. The molecule has 0 aliphatic carbocycles. The van der Waals surface area contributed by atoms with Crippen LogP contribution in [0, 0.1) is 5.92 Å². The van der Waals surface area contributed by atoms with E-state index < -0.39 is 0 Å². The van der Waals surface area contributed by atoms with Gasteiger partial charge in [0.15, 0.2) is 0 Å². The van der Waals surface area contributed by atoms with Gasteiger partial charge in [-0.25, -0.2) is 0 Å². The molecule has 1 saturated heterocycles. The van der Waals surface area contributed by atoms with Gasteiger partial charge in [0.05, 0.1) is 16.8 Å². The number of hydrogen-bond donors (Lipinski definition) is 1. The molecule has 0 saturated carbocycles. The highest BCUT2D eigenvalue weighted by Crippen LogP contribution is 2.34. The van der Waals surface area contributed by atoms with E-state index >= 15 is 0 Å². The molecule has 1 fully saturated rings. The van der Waals surface area contributed by atoms with Crippen LogP contribution in [0.2, 0.25) is 0 Å². The molecule has 110 valence electrons. The quantitative estimate of drug-likeness (QED) is 0.878. The lowest BCUT2D eigenvalue weighted by Gasteiger charge is -2.23. The monoisotopic (exact) mass is 299 g/mol. The van der Waals surface area contributed by atoms with Crippen molar-refractivity contribution >= 4 is 33.8 Å². The van der Waals surface area contributed by atoms with Gasteiger partial charge >= 0.3 is 0 Å². The highest BCUT2D eigenvalue weighted by atomic mass is 32.1. The summed E-state index contributed by atoms with van der Waals surface area (Å²) < 4.78 is 0. The number of rotatable bonds is 4. The Kier molecular flexibility index (Phi) is 4.06. The number of nitrogens with two attached hydrogens (primary N) is 1. The number of para-hydroxylation sites is 1. The van der Waals surface area contributed by atoms with Crippen molar-refractivity contribution < 1.29 is 0 Å². The number of nitrogens with zero attached hydrogens (tertiary/aromatic N) is 2. The van der Waals surface area contributed by atoms with Crippen molar-refractivity contribution in [3.05, 3.63) is 36.0 Å². The van der Waals surface area contributed by atoms with Crippen LogP contribution in [-0.4, -0.2) is 23.1 Å². The number of anilines is 1. The van der Waals surface area contributed by atoms with Crippen LogP contribution in [0.25, 0.3) is 10.9 Å². The van der Waals surface area contributed by atoms with Gasteiger partial charge in [0.2, 0.25) is 0 Å². The van der Waals surface area contributed by atoms with Crippen LogP contribution in [-0.2, 0) is 0 Å². The van der Waals surface area contributed by atoms with Gasteiger partial charge in [-0.1, -0.05) is 43.8 Å². The first-order valence-corrected chi connectivity index (χ1v) is 8.04. The van der Waals surface area contributed by atoms with Crippen LogP contribution >= 0.6 is 12.2 Å². The van der Waals surface area contributed by atoms with E-state index in [0.717, 1.165) is 35.5 Å². The average Bonchev–Trinajstić information content (AvgIpc) is 2.94. The van der Waals surface area contributed by atoms with Gasteiger partial charge in [0, 0.05) is 24.7 Å². The summed E-state index contributed by atoms with van der Waals surface area (Å²) >= 11 is 5.24. The van der Waals surface area contributed by atoms with Crippen molar-refractivity contribution in [1.29, 1.82) is 0 Å². The van der Waals surface area contributed by atoms with Crippen LogP contribution in [0.1, 0.15) is 31.7 Å². The molecule has 2 N–H and O–H groups in total. The zero-order valence-electron chi connectivity index (χ0n) is 12.4. The minimum Gasteiger partial charge on any atom is -0.389 e. The largest absolute Gasteiger partial charge is 0.389 e. The third kappa shape index (κ3) is 2.72. The zero-order chi connectivity index (χ0) is 14.8. The summed E-state index contributed by atoms with van der Waals surface area (Å²) in [4.78, 5) is 7.37. The first-order chi connectivity index (χ1) is 10.2. The Morgan fingerprint density at radius 3 is 3.00 bits per heavy atom. The van der Waals surface area contributed by atoms with Crippen molar-refractivity contribution in [1.82, 2.24) is 4.98 Å². The third-order valence-electron chi connectivity index (χ3n) is 4.31. The fourth-order valence-electron chi connectivity index (χ4n) is 3.33. The molecule has 1 atom stereocenters.